The summed E-state index contributed by atoms with van der Waals surface area (Å²) in [6.45, 7) is 8.73. The Morgan fingerprint density at radius 2 is 1.14 bits per heavy atom. The van der Waals surface area contributed by atoms with E-state index in [-0.39, 0.29) is 0 Å². The zero-order valence-electron chi connectivity index (χ0n) is 14.7. The Kier molecular flexibility index (Phi) is 11.6. The molecule has 0 rings (SSSR count). The van der Waals surface area contributed by atoms with Gasteiger partial charge in [-0.3, -0.25) is 0 Å². The predicted octanol–water partition coefficient (Wildman–Crippen LogP) is 5.58. The topological polar surface area (TPSA) is 34.1 Å². The molecule has 0 heterocycles. The second kappa shape index (κ2) is 11.9. The van der Waals surface area contributed by atoms with Crippen molar-refractivity contribution in [2.45, 2.75) is 91.9 Å². The zero-order chi connectivity index (χ0) is 16.1. The average molecular weight is 296 g/mol. The van der Waals surface area contributed by atoms with Gasteiger partial charge in [0.05, 0.1) is 5.41 Å². The van der Waals surface area contributed by atoms with Gasteiger partial charge in [-0.2, -0.15) is 0 Å². The van der Waals surface area contributed by atoms with E-state index in [1.807, 2.05) is 0 Å². The molecule has 2 unspecified atom stereocenters. The molecular formula is C19H36O2. The maximum Gasteiger partial charge on any atom is 0.133 e. The summed E-state index contributed by atoms with van der Waals surface area (Å²) in [6, 6.07) is 0. The van der Waals surface area contributed by atoms with Gasteiger partial charge in [0.2, 0.25) is 0 Å². The summed E-state index contributed by atoms with van der Waals surface area (Å²) in [4.78, 5) is 23.4. The van der Waals surface area contributed by atoms with Crippen LogP contribution in [0, 0.1) is 17.3 Å². The highest BCUT2D eigenvalue weighted by Crippen LogP contribution is 2.35. The van der Waals surface area contributed by atoms with Crippen molar-refractivity contribution in [3.8, 4) is 0 Å². The largest absolute Gasteiger partial charge is 0.302 e. The monoisotopic (exact) mass is 296 g/mol. The number of hydrogen-bond donors (Lipinski definition) is 0. The van der Waals surface area contributed by atoms with E-state index in [0.29, 0.717) is 11.8 Å². The third-order valence-corrected chi connectivity index (χ3v) is 4.89. The molecule has 0 aromatic rings. The van der Waals surface area contributed by atoms with Crippen molar-refractivity contribution in [3.05, 3.63) is 0 Å². The van der Waals surface area contributed by atoms with Crippen LogP contribution in [0.5, 0.6) is 0 Å². The summed E-state index contributed by atoms with van der Waals surface area (Å²) >= 11 is 0. The molecule has 2 atom stereocenters. The fourth-order valence-corrected chi connectivity index (χ4v) is 3.27. The minimum absolute atomic E-state index is 0.504. The molecule has 0 N–H and O–H groups in total. The summed E-state index contributed by atoms with van der Waals surface area (Å²) in [7, 11) is 0. The molecular weight excluding hydrogens is 260 g/mol. The van der Waals surface area contributed by atoms with Crippen LogP contribution in [-0.4, -0.2) is 12.6 Å². The molecule has 0 bridgehead atoms. The number of carbonyl (C=O) groups is 2. The van der Waals surface area contributed by atoms with E-state index in [2.05, 4.69) is 27.7 Å². The van der Waals surface area contributed by atoms with E-state index >= 15 is 0 Å². The van der Waals surface area contributed by atoms with E-state index in [9.17, 15) is 9.59 Å². The molecule has 2 nitrogen and oxygen atoms in total. The van der Waals surface area contributed by atoms with Gasteiger partial charge in [-0.1, -0.05) is 79.1 Å². The summed E-state index contributed by atoms with van der Waals surface area (Å²) in [5.74, 6) is 1.01. The Hall–Kier alpha value is -0.660. The van der Waals surface area contributed by atoms with Gasteiger partial charge < -0.3 is 9.59 Å². The van der Waals surface area contributed by atoms with Gasteiger partial charge in [0.1, 0.15) is 12.6 Å². The van der Waals surface area contributed by atoms with Gasteiger partial charge in [-0.15, -0.1) is 0 Å². The lowest BCUT2D eigenvalue weighted by atomic mass is 9.72. The molecule has 0 saturated heterocycles. The minimum Gasteiger partial charge on any atom is -0.302 e. The second-order valence-electron chi connectivity index (χ2n) is 6.71. The van der Waals surface area contributed by atoms with Crippen LogP contribution >= 0.6 is 0 Å². The van der Waals surface area contributed by atoms with E-state index < -0.39 is 5.41 Å². The van der Waals surface area contributed by atoms with Crippen LogP contribution in [0.4, 0.5) is 0 Å². The molecule has 0 radical (unpaired) electrons. The van der Waals surface area contributed by atoms with Crippen LogP contribution in [0.15, 0.2) is 0 Å². The Morgan fingerprint density at radius 3 is 1.38 bits per heavy atom. The van der Waals surface area contributed by atoms with Gasteiger partial charge in [0.25, 0.3) is 0 Å². The van der Waals surface area contributed by atoms with Crippen molar-refractivity contribution in [2.24, 2.45) is 17.3 Å². The highest BCUT2D eigenvalue weighted by molar-refractivity contribution is 5.83. The molecule has 0 saturated carbocycles. The van der Waals surface area contributed by atoms with Crippen LogP contribution < -0.4 is 0 Å². The Labute approximate surface area is 132 Å². The third-order valence-electron chi connectivity index (χ3n) is 4.89. The highest BCUT2D eigenvalue weighted by atomic mass is 16.1. The van der Waals surface area contributed by atoms with E-state index in [1.165, 1.54) is 25.7 Å². The van der Waals surface area contributed by atoms with Crippen LogP contribution in [0.3, 0.4) is 0 Å². The van der Waals surface area contributed by atoms with Gasteiger partial charge in [0, 0.05) is 0 Å². The number of hydrogen-bond acceptors (Lipinski definition) is 2. The molecule has 0 amide bonds. The van der Waals surface area contributed by atoms with Gasteiger partial charge in [-0.25, -0.2) is 0 Å². The van der Waals surface area contributed by atoms with Crippen LogP contribution in [0.2, 0.25) is 0 Å². The molecule has 124 valence electrons. The standard InChI is InChI=1S/C19H36O2/c1-5-9-11-17(7-3)13-19(15-20,16-21)14-18(8-4)12-10-6-2/h15-18H,5-14H2,1-4H3. The van der Waals surface area contributed by atoms with Gasteiger partial charge >= 0.3 is 0 Å². The first-order valence-electron chi connectivity index (χ1n) is 9.03. The summed E-state index contributed by atoms with van der Waals surface area (Å²) in [5, 5.41) is 0. The maximum atomic E-state index is 11.7. The second-order valence-corrected chi connectivity index (χ2v) is 6.71. The SMILES string of the molecule is CCCCC(CC)CC(C=O)(C=O)CC(CC)CCCC. The molecule has 0 aliphatic heterocycles. The maximum absolute atomic E-state index is 11.7. The summed E-state index contributed by atoms with van der Waals surface area (Å²) < 4.78 is 0. The van der Waals surface area contributed by atoms with Gasteiger partial charge in [-0.05, 0) is 24.7 Å². The van der Waals surface area contributed by atoms with Crippen molar-refractivity contribution in [3.63, 3.8) is 0 Å². The fraction of sp³-hybridized carbons (Fsp3) is 0.895. The van der Waals surface area contributed by atoms with Crippen LogP contribution in [0.25, 0.3) is 0 Å². The summed E-state index contributed by atoms with van der Waals surface area (Å²) in [5.41, 5.74) is -0.733. The van der Waals surface area contributed by atoms with E-state index in [1.54, 1.807) is 0 Å². The lowest BCUT2D eigenvalue weighted by Crippen LogP contribution is -2.30. The van der Waals surface area contributed by atoms with E-state index in [4.69, 9.17) is 0 Å². The van der Waals surface area contributed by atoms with Crippen molar-refractivity contribution in [1.82, 2.24) is 0 Å². The van der Waals surface area contributed by atoms with Crippen molar-refractivity contribution >= 4 is 12.6 Å². The number of carbonyl (C=O) groups excluding carboxylic acids is 2. The third kappa shape index (κ3) is 7.78. The lowest BCUT2D eigenvalue weighted by Gasteiger charge is -2.30. The molecule has 2 heteroatoms. The average Bonchev–Trinajstić information content (AvgIpc) is 2.53. The number of aldehydes is 2. The number of unbranched alkanes of at least 4 members (excludes halogenated alkanes) is 2. The van der Waals surface area contributed by atoms with Crippen LogP contribution in [0.1, 0.15) is 91.9 Å². The Balaban J connectivity index is 4.78. The lowest BCUT2D eigenvalue weighted by molar-refractivity contribution is -0.128. The molecule has 0 aliphatic rings. The molecule has 21 heavy (non-hydrogen) atoms. The number of rotatable bonds is 14. The molecule has 0 aliphatic carbocycles. The van der Waals surface area contributed by atoms with Crippen molar-refractivity contribution in [1.29, 1.82) is 0 Å². The van der Waals surface area contributed by atoms with Gasteiger partial charge in [0.15, 0.2) is 0 Å². The zero-order valence-corrected chi connectivity index (χ0v) is 14.7. The predicted molar refractivity (Wildman–Crippen MR) is 90.4 cm³/mol. The Morgan fingerprint density at radius 1 is 0.762 bits per heavy atom. The first-order valence-corrected chi connectivity index (χ1v) is 9.03. The summed E-state index contributed by atoms with van der Waals surface area (Å²) in [6.07, 6.45) is 12.6. The fourth-order valence-electron chi connectivity index (χ4n) is 3.27. The first-order chi connectivity index (χ1) is 10.1. The van der Waals surface area contributed by atoms with Crippen LogP contribution in [-0.2, 0) is 9.59 Å². The molecule has 0 fully saturated rings. The first kappa shape index (κ1) is 20.3. The molecule has 0 aromatic heterocycles. The minimum atomic E-state index is -0.733. The van der Waals surface area contributed by atoms with Crippen molar-refractivity contribution in [2.75, 3.05) is 0 Å². The normalized spacial score (nSPS) is 14.7. The molecule has 0 aromatic carbocycles. The quantitative estimate of drug-likeness (QED) is 0.309. The molecule has 0 spiro atoms. The Bertz CT molecular complexity index is 245. The van der Waals surface area contributed by atoms with Crippen molar-refractivity contribution < 1.29 is 9.59 Å². The van der Waals surface area contributed by atoms with E-state index in [0.717, 1.165) is 51.1 Å². The highest BCUT2D eigenvalue weighted by Gasteiger charge is 2.34. The smallest absolute Gasteiger partial charge is 0.133 e.